The predicted octanol–water partition coefficient (Wildman–Crippen LogP) is 4.94. The standard InChI is InChI=1S/C13H9Cl3O/c14-10-3-1-8(2-4-10)5-9-6-11(15)12(16)7-13(9)17/h1-4,6-7,17H,5H2. The summed E-state index contributed by atoms with van der Waals surface area (Å²) in [6, 6.07) is 10.6. The van der Waals surface area contributed by atoms with Crippen LogP contribution in [0, 0.1) is 0 Å². The van der Waals surface area contributed by atoms with Crippen molar-refractivity contribution in [2.75, 3.05) is 0 Å². The van der Waals surface area contributed by atoms with Crippen LogP contribution < -0.4 is 0 Å². The zero-order valence-corrected chi connectivity index (χ0v) is 11.0. The van der Waals surface area contributed by atoms with Crippen molar-refractivity contribution in [3.63, 3.8) is 0 Å². The second-order valence-electron chi connectivity index (χ2n) is 3.70. The molecule has 0 heterocycles. The Balaban J connectivity index is 2.30. The van der Waals surface area contributed by atoms with E-state index in [1.165, 1.54) is 6.07 Å². The number of phenolic OH excluding ortho intramolecular Hbond substituents is 1. The van der Waals surface area contributed by atoms with Gasteiger partial charge in [0, 0.05) is 17.5 Å². The second kappa shape index (κ2) is 5.18. The van der Waals surface area contributed by atoms with Crippen molar-refractivity contribution in [1.29, 1.82) is 0 Å². The van der Waals surface area contributed by atoms with E-state index in [1.54, 1.807) is 6.07 Å². The van der Waals surface area contributed by atoms with E-state index in [4.69, 9.17) is 34.8 Å². The summed E-state index contributed by atoms with van der Waals surface area (Å²) in [5.74, 6) is 0.148. The zero-order chi connectivity index (χ0) is 12.4. The van der Waals surface area contributed by atoms with Crippen molar-refractivity contribution in [2.24, 2.45) is 0 Å². The van der Waals surface area contributed by atoms with Crippen molar-refractivity contribution >= 4 is 34.8 Å². The van der Waals surface area contributed by atoms with Gasteiger partial charge in [-0.1, -0.05) is 46.9 Å². The molecular formula is C13H9Cl3O. The smallest absolute Gasteiger partial charge is 0.120 e. The molecule has 0 bridgehead atoms. The SMILES string of the molecule is Oc1cc(Cl)c(Cl)cc1Cc1ccc(Cl)cc1. The predicted molar refractivity (Wildman–Crippen MR) is 72.4 cm³/mol. The first-order chi connectivity index (χ1) is 8.06. The molecule has 2 aromatic rings. The summed E-state index contributed by atoms with van der Waals surface area (Å²) >= 11 is 17.5. The normalized spacial score (nSPS) is 10.5. The molecule has 0 unspecified atom stereocenters. The molecule has 2 rings (SSSR count). The van der Waals surface area contributed by atoms with Gasteiger partial charge in [-0.2, -0.15) is 0 Å². The van der Waals surface area contributed by atoms with Gasteiger partial charge in [0.15, 0.2) is 0 Å². The summed E-state index contributed by atoms with van der Waals surface area (Å²) in [5.41, 5.74) is 1.78. The average Bonchev–Trinajstić information content (AvgIpc) is 2.29. The molecule has 0 saturated carbocycles. The first kappa shape index (κ1) is 12.6. The highest BCUT2D eigenvalue weighted by Crippen LogP contribution is 2.31. The lowest BCUT2D eigenvalue weighted by molar-refractivity contribution is 0.469. The monoisotopic (exact) mass is 286 g/mol. The highest BCUT2D eigenvalue weighted by atomic mass is 35.5. The van der Waals surface area contributed by atoms with Gasteiger partial charge in [-0.05, 0) is 29.3 Å². The number of rotatable bonds is 2. The molecule has 0 aliphatic rings. The number of aromatic hydroxyl groups is 1. The van der Waals surface area contributed by atoms with Crippen LogP contribution in [0.4, 0.5) is 0 Å². The highest BCUT2D eigenvalue weighted by molar-refractivity contribution is 6.42. The Morgan fingerprint density at radius 3 is 2.12 bits per heavy atom. The van der Waals surface area contributed by atoms with Crippen LogP contribution in [-0.2, 0) is 6.42 Å². The van der Waals surface area contributed by atoms with Crippen LogP contribution in [0.5, 0.6) is 5.75 Å². The second-order valence-corrected chi connectivity index (χ2v) is 4.95. The van der Waals surface area contributed by atoms with Crippen molar-refractivity contribution in [2.45, 2.75) is 6.42 Å². The van der Waals surface area contributed by atoms with Gasteiger partial charge in [-0.25, -0.2) is 0 Å². The van der Waals surface area contributed by atoms with Crippen molar-refractivity contribution in [3.05, 3.63) is 62.6 Å². The van der Waals surface area contributed by atoms with Crippen LogP contribution in [0.15, 0.2) is 36.4 Å². The summed E-state index contributed by atoms with van der Waals surface area (Å²) in [6.07, 6.45) is 0.583. The third-order valence-corrected chi connectivity index (χ3v) is 3.40. The highest BCUT2D eigenvalue weighted by Gasteiger charge is 2.07. The van der Waals surface area contributed by atoms with Crippen LogP contribution in [0.25, 0.3) is 0 Å². The molecule has 0 aliphatic carbocycles. The fraction of sp³-hybridized carbons (Fsp3) is 0.0769. The first-order valence-corrected chi connectivity index (χ1v) is 6.11. The fourth-order valence-corrected chi connectivity index (χ4v) is 2.01. The van der Waals surface area contributed by atoms with Gasteiger partial charge in [0.25, 0.3) is 0 Å². The van der Waals surface area contributed by atoms with Crippen molar-refractivity contribution in [3.8, 4) is 5.75 Å². The summed E-state index contributed by atoms with van der Waals surface area (Å²) in [4.78, 5) is 0. The van der Waals surface area contributed by atoms with E-state index >= 15 is 0 Å². The van der Waals surface area contributed by atoms with Crippen LogP contribution >= 0.6 is 34.8 Å². The average molecular weight is 288 g/mol. The number of benzene rings is 2. The summed E-state index contributed by atoms with van der Waals surface area (Å²) < 4.78 is 0. The molecule has 4 heteroatoms. The number of halogens is 3. The maximum atomic E-state index is 9.76. The summed E-state index contributed by atoms with van der Waals surface area (Å²) in [7, 11) is 0. The van der Waals surface area contributed by atoms with E-state index < -0.39 is 0 Å². The number of phenols is 1. The largest absolute Gasteiger partial charge is 0.508 e. The minimum atomic E-state index is 0.148. The van der Waals surface area contributed by atoms with Gasteiger partial charge in [-0.15, -0.1) is 0 Å². The molecule has 88 valence electrons. The fourth-order valence-electron chi connectivity index (χ4n) is 1.54. The lowest BCUT2D eigenvalue weighted by atomic mass is 10.0. The van der Waals surface area contributed by atoms with Crippen LogP contribution in [0.2, 0.25) is 15.1 Å². The molecule has 0 fully saturated rings. The molecule has 1 N–H and O–H groups in total. The molecular weight excluding hydrogens is 279 g/mol. The number of hydrogen-bond acceptors (Lipinski definition) is 1. The van der Waals surface area contributed by atoms with Gasteiger partial charge >= 0.3 is 0 Å². The molecule has 0 amide bonds. The third-order valence-electron chi connectivity index (χ3n) is 2.43. The van der Waals surface area contributed by atoms with E-state index in [0.717, 1.165) is 11.1 Å². The Labute approximate surface area is 115 Å². The lowest BCUT2D eigenvalue weighted by Gasteiger charge is -2.07. The van der Waals surface area contributed by atoms with Gasteiger partial charge in [0.1, 0.15) is 5.75 Å². The quantitative estimate of drug-likeness (QED) is 0.829. The van der Waals surface area contributed by atoms with Gasteiger partial charge < -0.3 is 5.11 Å². The molecule has 0 aliphatic heterocycles. The zero-order valence-electron chi connectivity index (χ0n) is 8.75. The van der Waals surface area contributed by atoms with E-state index in [0.29, 0.717) is 21.5 Å². The van der Waals surface area contributed by atoms with E-state index in [2.05, 4.69) is 0 Å². The van der Waals surface area contributed by atoms with Gasteiger partial charge in [-0.3, -0.25) is 0 Å². The molecule has 2 aromatic carbocycles. The lowest BCUT2D eigenvalue weighted by Crippen LogP contribution is -1.89. The molecule has 0 saturated heterocycles. The molecule has 0 radical (unpaired) electrons. The Bertz CT molecular complexity index is 535. The number of hydrogen-bond donors (Lipinski definition) is 1. The van der Waals surface area contributed by atoms with Gasteiger partial charge in [0.2, 0.25) is 0 Å². The Hall–Kier alpha value is -0.890. The van der Waals surface area contributed by atoms with Crippen LogP contribution in [-0.4, -0.2) is 5.11 Å². The van der Waals surface area contributed by atoms with E-state index in [-0.39, 0.29) is 5.75 Å². The Morgan fingerprint density at radius 2 is 1.47 bits per heavy atom. The van der Waals surface area contributed by atoms with Crippen LogP contribution in [0.1, 0.15) is 11.1 Å². The molecule has 0 atom stereocenters. The van der Waals surface area contributed by atoms with Gasteiger partial charge in [0.05, 0.1) is 10.0 Å². The van der Waals surface area contributed by atoms with Crippen LogP contribution in [0.3, 0.4) is 0 Å². The van der Waals surface area contributed by atoms with E-state index in [9.17, 15) is 5.11 Å². The van der Waals surface area contributed by atoms with Crippen molar-refractivity contribution in [1.82, 2.24) is 0 Å². The minimum Gasteiger partial charge on any atom is -0.508 e. The molecule has 0 aromatic heterocycles. The van der Waals surface area contributed by atoms with Crippen molar-refractivity contribution < 1.29 is 5.11 Å². The van der Waals surface area contributed by atoms with E-state index in [1.807, 2.05) is 24.3 Å². The molecule has 1 nitrogen and oxygen atoms in total. The molecule has 0 spiro atoms. The molecule has 17 heavy (non-hydrogen) atoms. The summed E-state index contributed by atoms with van der Waals surface area (Å²) in [5, 5.41) is 11.2. The Kier molecular flexibility index (Phi) is 3.82. The maximum Gasteiger partial charge on any atom is 0.120 e. The summed E-state index contributed by atoms with van der Waals surface area (Å²) in [6.45, 7) is 0. The maximum absolute atomic E-state index is 9.76. The third kappa shape index (κ3) is 3.06. The minimum absolute atomic E-state index is 0.148. The topological polar surface area (TPSA) is 20.2 Å². The first-order valence-electron chi connectivity index (χ1n) is 4.97. The Morgan fingerprint density at radius 1 is 0.882 bits per heavy atom.